The Balaban J connectivity index is 1.53. The van der Waals surface area contributed by atoms with Crippen LogP contribution in [0.1, 0.15) is 59.8 Å². The van der Waals surface area contributed by atoms with E-state index in [1.807, 2.05) is 27.7 Å². The van der Waals surface area contributed by atoms with Crippen LogP contribution in [0.25, 0.3) is 0 Å². The quantitative estimate of drug-likeness (QED) is 0.621. The van der Waals surface area contributed by atoms with Crippen LogP contribution in [0, 0.1) is 0 Å². The molecule has 0 spiro atoms. The molecular weight excluding hydrogens is 340 g/mol. The minimum Gasteiger partial charge on any atom is -0.396 e. The molecule has 3 heterocycles. The zero-order valence-corrected chi connectivity index (χ0v) is 16.4. The highest BCUT2D eigenvalue weighted by atomic mass is 16.8. The maximum atomic E-state index is 8.85. The van der Waals surface area contributed by atoms with E-state index < -0.39 is 17.9 Å². The van der Waals surface area contributed by atoms with Crippen molar-refractivity contribution in [2.45, 2.75) is 102 Å². The summed E-state index contributed by atoms with van der Waals surface area (Å²) in [6.45, 7) is 9.10. The zero-order valence-electron chi connectivity index (χ0n) is 16.4. The van der Waals surface area contributed by atoms with Gasteiger partial charge in [0.1, 0.15) is 12.2 Å². The first-order valence-corrected chi connectivity index (χ1v) is 9.85. The van der Waals surface area contributed by atoms with Gasteiger partial charge in [-0.1, -0.05) is 12.8 Å². The average molecular weight is 374 g/mol. The Labute approximate surface area is 156 Å². The zero-order chi connectivity index (χ0) is 18.8. The fraction of sp³-hybridized carbons (Fsp3) is 1.00. The Hall–Kier alpha value is -0.280. The van der Waals surface area contributed by atoms with Crippen LogP contribution in [0.4, 0.5) is 0 Å². The minimum atomic E-state index is -0.655. The lowest BCUT2D eigenvalue weighted by molar-refractivity contribution is -0.222. The maximum absolute atomic E-state index is 8.85. The summed E-state index contributed by atoms with van der Waals surface area (Å²) in [6.07, 6.45) is 3.62. The molecule has 5 unspecified atom stereocenters. The van der Waals surface area contributed by atoms with E-state index in [-0.39, 0.29) is 31.0 Å². The predicted octanol–water partition coefficient (Wildman–Crippen LogP) is 2.34. The van der Waals surface area contributed by atoms with Gasteiger partial charge in [0.05, 0.1) is 18.8 Å². The highest BCUT2D eigenvalue weighted by Crippen LogP contribution is 2.41. The van der Waals surface area contributed by atoms with Gasteiger partial charge >= 0.3 is 0 Å². The van der Waals surface area contributed by atoms with Gasteiger partial charge in [-0.25, -0.2) is 0 Å². The Morgan fingerprint density at radius 2 is 1.73 bits per heavy atom. The molecule has 3 fully saturated rings. The number of ether oxygens (including phenoxy) is 6. The van der Waals surface area contributed by atoms with Gasteiger partial charge in [0.25, 0.3) is 0 Å². The van der Waals surface area contributed by atoms with Crippen molar-refractivity contribution < 1.29 is 33.5 Å². The molecule has 7 heteroatoms. The number of hydrogen-bond acceptors (Lipinski definition) is 7. The van der Waals surface area contributed by atoms with Crippen molar-refractivity contribution in [3.8, 4) is 0 Å². The van der Waals surface area contributed by atoms with Crippen molar-refractivity contribution in [3.63, 3.8) is 0 Å². The second-order valence-corrected chi connectivity index (χ2v) is 8.30. The lowest BCUT2D eigenvalue weighted by Gasteiger charge is -2.27. The second kappa shape index (κ2) is 8.39. The number of aliphatic hydroxyl groups is 1. The van der Waals surface area contributed by atoms with Crippen LogP contribution in [0.2, 0.25) is 0 Å². The molecule has 152 valence electrons. The third-order valence-corrected chi connectivity index (χ3v) is 5.01. The third kappa shape index (κ3) is 5.16. The topological polar surface area (TPSA) is 75.6 Å². The molecule has 0 aromatic rings. The number of aliphatic hydroxyl groups excluding tert-OH is 1. The molecule has 0 aromatic carbocycles. The minimum absolute atomic E-state index is 0.0162. The smallest absolute Gasteiger partial charge is 0.190 e. The number of unbranched alkanes of at least 4 members (excludes halogenated alkanes) is 3. The normalized spacial score (nSPS) is 38.0. The van der Waals surface area contributed by atoms with Gasteiger partial charge in [-0.05, 0) is 40.5 Å². The summed E-state index contributed by atoms with van der Waals surface area (Å²) in [5, 5.41) is 8.85. The first-order valence-electron chi connectivity index (χ1n) is 9.85. The second-order valence-electron chi connectivity index (χ2n) is 8.30. The molecule has 0 amide bonds. The monoisotopic (exact) mass is 374 g/mol. The van der Waals surface area contributed by atoms with Crippen LogP contribution < -0.4 is 0 Å². The average Bonchev–Trinajstić information content (AvgIpc) is 3.13. The van der Waals surface area contributed by atoms with Crippen LogP contribution in [-0.2, 0) is 28.4 Å². The summed E-state index contributed by atoms with van der Waals surface area (Å²) in [6, 6.07) is 0. The molecule has 0 aliphatic carbocycles. The number of hydrogen-bond donors (Lipinski definition) is 1. The van der Waals surface area contributed by atoms with Crippen LogP contribution >= 0.6 is 0 Å². The van der Waals surface area contributed by atoms with E-state index in [1.165, 1.54) is 0 Å². The van der Waals surface area contributed by atoms with E-state index in [2.05, 4.69) is 0 Å². The Morgan fingerprint density at radius 1 is 0.962 bits per heavy atom. The lowest BCUT2D eigenvalue weighted by Crippen LogP contribution is -2.39. The van der Waals surface area contributed by atoms with Gasteiger partial charge < -0.3 is 33.5 Å². The van der Waals surface area contributed by atoms with Crippen molar-refractivity contribution in [2.24, 2.45) is 0 Å². The predicted molar refractivity (Wildman–Crippen MR) is 93.5 cm³/mol. The Kier molecular flexibility index (Phi) is 6.60. The lowest BCUT2D eigenvalue weighted by atomic mass is 10.0. The summed E-state index contributed by atoms with van der Waals surface area (Å²) < 4.78 is 35.8. The molecule has 26 heavy (non-hydrogen) atoms. The molecule has 0 bridgehead atoms. The van der Waals surface area contributed by atoms with Gasteiger partial charge in [-0.15, -0.1) is 0 Å². The van der Waals surface area contributed by atoms with Gasteiger partial charge in [0.2, 0.25) is 0 Å². The highest BCUT2D eigenvalue weighted by Gasteiger charge is 2.56. The van der Waals surface area contributed by atoms with Crippen molar-refractivity contribution >= 4 is 0 Å². The number of fused-ring (bicyclic) bond motifs is 1. The van der Waals surface area contributed by atoms with Gasteiger partial charge in [0.15, 0.2) is 17.9 Å². The molecule has 3 rings (SSSR count). The van der Waals surface area contributed by atoms with E-state index in [0.717, 1.165) is 25.7 Å². The van der Waals surface area contributed by atoms with Gasteiger partial charge in [0, 0.05) is 19.6 Å². The van der Waals surface area contributed by atoms with Crippen LogP contribution in [0.15, 0.2) is 0 Å². The highest BCUT2D eigenvalue weighted by molar-refractivity contribution is 4.95. The summed E-state index contributed by atoms with van der Waals surface area (Å²) >= 11 is 0. The van der Waals surface area contributed by atoms with Crippen molar-refractivity contribution in [3.05, 3.63) is 0 Å². The molecule has 1 N–H and O–H groups in total. The maximum Gasteiger partial charge on any atom is 0.190 e. The fourth-order valence-corrected chi connectivity index (χ4v) is 3.86. The van der Waals surface area contributed by atoms with E-state index in [9.17, 15) is 0 Å². The van der Waals surface area contributed by atoms with Crippen molar-refractivity contribution in [1.29, 1.82) is 0 Å². The van der Waals surface area contributed by atoms with Crippen LogP contribution in [0.3, 0.4) is 0 Å². The van der Waals surface area contributed by atoms with Gasteiger partial charge in [-0.3, -0.25) is 0 Å². The van der Waals surface area contributed by atoms with E-state index in [0.29, 0.717) is 19.6 Å². The molecular formula is C19H34O7. The molecule has 3 aliphatic rings. The molecule has 5 atom stereocenters. The van der Waals surface area contributed by atoms with E-state index >= 15 is 0 Å². The Bertz CT molecular complexity index is 453. The standard InChI is InChI=1S/C19H34O7/c1-18(2)22-12-13(24-18)11-14-15(21-10-8-6-5-7-9-20)16-17(23-14)26-19(3,4)25-16/h13-17,20H,5-12H2,1-4H3. The summed E-state index contributed by atoms with van der Waals surface area (Å²) in [4.78, 5) is 0. The van der Waals surface area contributed by atoms with Crippen LogP contribution in [-0.4, -0.2) is 67.2 Å². The van der Waals surface area contributed by atoms with E-state index in [4.69, 9.17) is 33.5 Å². The molecule has 0 aromatic heterocycles. The summed E-state index contributed by atoms with van der Waals surface area (Å²) in [5.41, 5.74) is 0. The Morgan fingerprint density at radius 3 is 2.42 bits per heavy atom. The van der Waals surface area contributed by atoms with Crippen molar-refractivity contribution in [1.82, 2.24) is 0 Å². The first kappa shape index (κ1) is 20.5. The molecule has 3 aliphatic heterocycles. The van der Waals surface area contributed by atoms with Gasteiger partial charge in [-0.2, -0.15) is 0 Å². The third-order valence-electron chi connectivity index (χ3n) is 5.01. The molecule has 3 saturated heterocycles. The largest absolute Gasteiger partial charge is 0.396 e. The SMILES string of the molecule is CC1(C)OCC(CC2OC3OC(C)(C)OC3C2OCCCCCCO)O1. The molecule has 0 saturated carbocycles. The summed E-state index contributed by atoms with van der Waals surface area (Å²) in [7, 11) is 0. The summed E-state index contributed by atoms with van der Waals surface area (Å²) in [5.74, 6) is -1.20. The molecule has 0 radical (unpaired) electrons. The van der Waals surface area contributed by atoms with Crippen LogP contribution in [0.5, 0.6) is 0 Å². The first-order chi connectivity index (χ1) is 12.3. The molecule has 7 nitrogen and oxygen atoms in total. The van der Waals surface area contributed by atoms with Crippen molar-refractivity contribution in [2.75, 3.05) is 19.8 Å². The van der Waals surface area contributed by atoms with E-state index in [1.54, 1.807) is 0 Å². The fourth-order valence-electron chi connectivity index (χ4n) is 3.86. The number of rotatable bonds is 9.